The molecule has 0 saturated carbocycles. The van der Waals surface area contributed by atoms with Gasteiger partial charge in [-0.3, -0.25) is 4.79 Å². The molecule has 1 aromatic rings. The van der Waals surface area contributed by atoms with Crippen molar-refractivity contribution in [3.8, 4) is 0 Å². The van der Waals surface area contributed by atoms with E-state index < -0.39 is 18.2 Å². The molecule has 4 nitrogen and oxygen atoms in total. The Morgan fingerprint density at radius 3 is 2.35 bits per heavy atom. The van der Waals surface area contributed by atoms with E-state index in [9.17, 15) is 13.6 Å². The summed E-state index contributed by atoms with van der Waals surface area (Å²) in [6.07, 6.45) is 1.95. The number of likely N-dealkylation sites (tertiary alicyclic amines) is 1. The highest BCUT2D eigenvalue weighted by atomic mass is 19.1. The van der Waals surface area contributed by atoms with Crippen molar-refractivity contribution < 1.29 is 18.7 Å². The first-order valence-corrected chi connectivity index (χ1v) is 6.60. The molecule has 20 heavy (non-hydrogen) atoms. The zero-order valence-electron chi connectivity index (χ0n) is 11.4. The number of hydrogen-bond donors (Lipinski definition) is 1. The van der Waals surface area contributed by atoms with Gasteiger partial charge < -0.3 is 14.9 Å². The van der Waals surface area contributed by atoms with Crippen molar-refractivity contribution in [3.05, 3.63) is 29.3 Å². The van der Waals surface area contributed by atoms with E-state index in [2.05, 4.69) is 0 Å². The number of amides is 1. The van der Waals surface area contributed by atoms with Crippen molar-refractivity contribution in [3.63, 3.8) is 0 Å². The van der Waals surface area contributed by atoms with E-state index in [1.54, 1.807) is 4.90 Å². The number of halogens is 2. The van der Waals surface area contributed by atoms with Crippen molar-refractivity contribution in [1.82, 2.24) is 4.90 Å². The van der Waals surface area contributed by atoms with Crippen LogP contribution in [0.25, 0.3) is 0 Å². The average Bonchev–Trinajstić information content (AvgIpc) is 2.91. The summed E-state index contributed by atoms with van der Waals surface area (Å²) in [4.78, 5) is 14.9. The van der Waals surface area contributed by atoms with Gasteiger partial charge in [-0.25, -0.2) is 8.78 Å². The zero-order chi connectivity index (χ0) is 14.7. The minimum absolute atomic E-state index is 0.0632. The molecule has 110 valence electrons. The van der Waals surface area contributed by atoms with Crippen molar-refractivity contribution in [2.75, 3.05) is 31.6 Å². The SMILES string of the molecule is CN(CC(=O)N1CCCC1)c1c(F)cc(CO)cc1F. The Balaban J connectivity index is 2.12. The molecule has 0 aromatic heterocycles. The molecule has 1 N–H and O–H groups in total. The monoisotopic (exact) mass is 284 g/mol. The van der Waals surface area contributed by atoms with Crippen LogP contribution < -0.4 is 4.90 Å². The van der Waals surface area contributed by atoms with E-state index in [0.29, 0.717) is 13.1 Å². The molecular weight excluding hydrogens is 266 g/mol. The van der Waals surface area contributed by atoms with Gasteiger partial charge in [-0.2, -0.15) is 0 Å². The summed E-state index contributed by atoms with van der Waals surface area (Å²) < 4.78 is 27.7. The number of likely N-dealkylation sites (N-methyl/N-ethyl adjacent to an activating group) is 1. The molecule has 0 bridgehead atoms. The number of carbonyl (C=O) groups is 1. The van der Waals surface area contributed by atoms with Gasteiger partial charge in [0.05, 0.1) is 13.2 Å². The van der Waals surface area contributed by atoms with Crippen LogP contribution in [0.5, 0.6) is 0 Å². The molecule has 1 saturated heterocycles. The Morgan fingerprint density at radius 1 is 1.30 bits per heavy atom. The summed E-state index contributed by atoms with van der Waals surface area (Å²) in [5.41, 5.74) is -0.0715. The number of benzene rings is 1. The molecule has 1 fully saturated rings. The van der Waals surface area contributed by atoms with E-state index >= 15 is 0 Å². The van der Waals surface area contributed by atoms with Gasteiger partial charge in [0.2, 0.25) is 5.91 Å². The molecule has 0 atom stereocenters. The summed E-state index contributed by atoms with van der Waals surface area (Å²) in [6.45, 7) is 0.930. The van der Waals surface area contributed by atoms with E-state index in [1.165, 1.54) is 11.9 Å². The molecule has 1 aliphatic heterocycles. The summed E-state index contributed by atoms with van der Waals surface area (Å²) in [5, 5.41) is 8.90. The largest absolute Gasteiger partial charge is 0.392 e. The standard InChI is InChI=1S/C14H18F2N2O2/c1-17(8-13(20)18-4-2-3-5-18)14-11(15)6-10(9-19)7-12(14)16/h6-7,19H,2-5,8-9H2,1H3. The smallest absolute Gasteiger partial charge is 0.242 e. The van der Waals surface area contributed by atoms with Crippen LogP contribution in [-0.2, 0) is 11.4 Å². The predicted octanol–water partition coefficient (Wildman–Crippen LogP) is 1.52. The Bertz CT molecular complexity index is 479. The van der Waals surface area contributed by atoms with Crippen LogP contribution in [0, 0.1) is 11.6 Å². The number of hydrogen-bond acceptors (Lipinski definition) is 3. The van der Waals surface area contributed by atoms with Gasteiger partial charge in [-0.1, -0.05) is 0 Å². The number of aliphatic hydroxyl groups is 1. The van der Waals surface area contributed by atoms with Crippen LogP contribution >= 0.6 is 0 Å². The fourth-order valence-corrected chi connectivity index (χ4v) is 2.42. The number of aliphatic hydroxyl groups excluding tert-OH is 1. The van der Waals surface area contributed by atoms with E-state index in [0.717, 1.165) is 25.0 Å². The summed E-state index contributed by atoms with van der Waals surface area (Å²) in [5.74, 6) is -1.67. The van der Waals surface area contributed by atoms with Crippen molar-refractivity contribution in [1.29, 1.82) is 0 Å². The van der Waals surface area contributed by atoms with Crippen LogP contribution in [0.2, 0.25) is 0 Å². The molecule has 0 aliphatic carbocycles. The predicted molar refractivity (Wildman–Crippen MR) is 71.4 cm³/mol. The molecule has 2 rings (SSSR count). The minimum atomic E-state index is -0.772. The quantitative estimate of drug-likeness (QED) is 0.911. The van der Waals surface area contributed by atoms with Gasteiger partial charge in [0.15, 0.2) is 0 Å². The van der Waals surface area contributed by atoms with E-state index in [4.69, 9.17) is 5.11 Å². The van der Waals surface area contributed by atoms with Crippen LogP contribution in [0.4, 0.5) is 14.5 Å². The van der Waals surface area contributed by atoms with Crippen LogP contribution in [-0.4, -0.2) is 42.6 Å². The highest BCUT2D eigenvalue weighted by molar-refractivity contribution is 5.81. The molecular formula is C14H18F2N2O2. The maximum Gasteiger partial charge on any atom is 0.242 e. The topological polar surface area (TPSA) is 43.8 Å². The third-order valence-electron chi connectivity index (χ3n) is 3.47. The second kappa shape index (κ2) is 6.17. The normalized spacial score (nSPS) is 14.7. The van der Waals surface area contributed by atoms with Gasteiger partial charge in [0, 0.05) is 20.1 Å². The Hall–Kier alpha value is -1.69. The maximum atomic E-state index is 13.9. The lowest BCUT2D eigenvalue weighted by atomic mass is 10.2. The average molecular weight is 284 g/mol. The first-order chi connectivity index (χ1) is 9.52. The lowest BCUT2D eigenvalue weighted by Crippen LogP contribution is -2.37. The van der Waals surface area contributed by atoms with E-state index in [-0.39, 0.29) is 23.7 Å². The van der Waals surface area contributed by atoms with Gasteiger partial charge >= 0.3 is 0 Å². The number of anilines is 1. The second-order valence-electron chi connectivity index (χ2n) is 5.01. The van der Waals surface area contributed by atoms with Crippen LogP contribution in [0.3, 0.4) is 0 Å². The van der Waals surface area contributed by atoms with Gasteiger partial charge in [-0.15, -0.1) is 0 Å². The Labute approximate surface area is 116 Å². The van der Waals surface area contributed by atoms with Gasteiger partial charge in [0.1, 0.15) is 17.3 Å². The van der Waals surface area contributed by atoms with Crippen LogP contribution in [0.1, 0.15) is 18.4 Å². The minimum Gasteiger partial charge on any atom is -0.392 e. The molecule has 0 unspecified atom stereocenters. The molecule has 0 spiro atoms. The number of nitrogens with zero attached hydrogens (tertiary/aromatic N) is 2. The lowest BCUT2D eigenvalue weighted by Gasteiger charge is -2.23. The van der Waals surface area contributed by atoms with Crippen molar-refractivity contribution >= 4 is 11.6 Å². The number of rotatable bonds is 4. The maximum absolute atomic E-state index is 13.9. The third-order valence-corrected chi connectivity index (χ3v) is 3.47. The molecule has 6 heteroatoms. The van der Waals surface area contributed by atoms with Crippen molar-refractivity contribution in [2.24, 2.45) is 0 Å². The zero-order valence-corrected chi connectivity index (χ0v) is 11.4. The highest BCUT2D eigenvalue weighted by Crippen LogP contribution is 2.24. The lowest BCUT2D eigenvalue weighted by molar-refractivity contribution is -0.128. The first kappa shape index (κ1) is 14.7. The van der Waals surface area contributed by atoms with Gasteiger partial charge in [0.25, 0.3) is 0 Å². The first-order valence-electron chi connectivity index (χ1n) is 6.60. The fourth-order valence-electron chi connectivity index (χ4n) is 2.42. The second-order valence-corrected chi connectivity index (χ2v) is 5.01. The number of carbonyl (C=O) groups excluding carboxylic acids is 1. The molecule has 0 radical (unpaired) electrons. The Kier molecular flexibility index (Phi) is 4.54. The molecule has 1 heterocycles. The summed E-state index contributed by atoms with van der Waals surface area (Å²) in [6, 6.07) is 2.16. The summed E-state index contributed by atoms with van der Waals surface area (Å²) >= 11 is 0. The fraction of sp³-hybridized carbons (Fsp3) is 0.500. The van der Waals surface area contributed by atoms with E-state index in [1.807, 2.05) is 0 Å². The molecule has 1 amide bonds. The Morgan fingerprint density at radius 2 is 1.85 bits per heavy atom. The van der Waals surface area contributed by atoms with Gasteiger partial charge in [-0.05, 0) is 30.5 Å². The summed E-state index contributed by atoms with van der Waals surface area (Å²) in [7, 11) is 1.48. The van der Waals surface area contributed by atoms with Crippen molar-refractivity contribution in [2.45, 2.75) is 19.4 Å². The van der Waals surface area contributed by atoms with Crippen LogP contribution in [0.15, 0.2) is 12.1 Å². The third kappa shape index (κ3) is 3.07. The molecule has 1 aliphatic rings. The highest BCUT2D eigenvalue weighted by Gasteiger charge is 2.22. The molecule has 1 aromatic carbocycles.